The Hall–Kier alpha value is -3.58. The number of amides is 1. The molecule has 2 fully saturated rings. The second-order valence-corrected chi connectivity index (χ2v) is 10.9. The van der Waals surface area contributed by atoms with Gasteiger partial charge in [-0.1, -0.05) is 66.2 Å². The Kier molecular flexibility index (Phi) is 8.19. The maximum atomic E-state index is 13.2. The summed E-state index contributed by atoms with van der Waals surface area (Å²) in [4.78, 5) is 17.5. The predicted octanol–water partition coefficient (Wildman–Crippen LogP) is 6.36. The molecule has 0 spiro atoms. The van der Waals surface area contributed by atoms with Gasteiger partial charge in [0.05, 0.1) is 5.02 Å². The Morgan fingerprint density at radius 1 is 0.850 bits per heavy atom. The van der Waals surface area contributed by atoms with Crippen molar-refractivity contribution in [3.8, 4) is 28.2 Å². The van der Waals surface area contributed by atoms with Crippen LogP contribution in [0.3, 0.4) is 0 Å². The lowest BCUT2D eigenvalue weighted by molar-refractivity contribution is 0.0598. The van der Waals surface area contributed by atoms with Crippen molar-refractivity contribution in [3.63, 3.8) is 0 Å². The van der Waals surface area contributed by atoms with Crippen molar-refractivity contribution in [1.82, 2.24) is 15.1 Å². The molecule has 0 radical (unpaired) electrons. The third kappa shape index (κ3) is 6.25. The summed E-state index contributed by atoms with van der Waals surface area (Å²) in [5.41, 5.74) is 4.37. The number of piperazine rings is 1. The van der Waals surface area contributed by atoms with Gasteiger partial charge in [-0.25, -0.2) is 0 Å². The Labute approximate surface area is 240 Å². The highest BCUT2D eigenvalue weighted by molar-refractivity contribution is 6.32. The van der Waals surface area contributed by atoms with Crippen molar-refractivity contribution in [2.75, 3.05) is 39.3 Å². The van der Waals surface area contributed by atoms with Crippen LogP contribution in [0.1, 0.15) is 29.0 Å². The van der Waals surface area contributed by atoms with Gasteiger partial charge in [0.25, 0.3) is 5.91 Å². The average Bonchev–Trinajstić information content (AvgIpc) is 3.50. The van der Waals surface area contributed by atoms with Crippen LogP contribution in [0.15, 0.2) is 89.3 Å². The zero-order chi connectivity index (χ0) is 27.3. The van der Waals surface area contributed by atoms with Crippen molar-refractivity contribution in [3.05, 3.63) is 101 Å². The molecule has 40 heavy (non-hydrogen) atoms. The fourth-order valence-corrected chi connectivity index (χ4v) is 5.69. The van der Waals surface area contributed by atoms with Crippen molar-refractivity contribution >= 4 is 17.5 Å². The van der Waals surface area contributed by atoms with E-state index in [4.69, 9.17) is 20.8 Å². The molecule has 3 aromatic carbocycles. The van der Waals surface area contributed by atoms with Gasteiger partial charge in [-0.05, 0) is 73.0 Å². The number of ether oxygens (including phenoxy) is 1. The molecule has 1 N–H and O–H groups in total. The number of nitrogens with zero attached hydrogens (tertiary/aromatic N) is 2. The molecule has 0 bridgehead atoms. The van der Waals surface area contributed by atoms with E-state index in [0.717, 1.165) is 73.6 Å². The zero-order valence-electron chi connectivity index (χ0n) is 22.5. The number of piperidine rings is 1. The van der Waals surface area contributed by atoms with Crippen LogP contribution in [0.2, 0.25) is 5.02 Å². The minimum absolute atomic E-state index is 0.0624. The summed E-state index contributed by atoms with van der Waals surface area (Å²) in [6, 6.07) is 28.2. The molecule has 1 aromatic heterocycles. The summed E-state index contributed by atoms with van der Waals surface area (Å²) in [5, 5.41) is 4.02. The molecule has 2 aliphatic rings. The van der Waals surface area contributed by atoms with Crippen LogP contribution in [0.4, 0.5) is 0 Å². The highest BCUT2D eigenvalue weighted by Gasteiger charge is 2.25. The van der Waals surface area contributed by atoms with E-state index in [9.17, 15) is 4.79 Å². The maximum Gasteiger partial charge on any atom is 0.289 e. The van der Waals surface area contributed by atoms with Gasteiger partial charge in [-0.2, -0.15) is 0 Å². The molecule has 6 nitrogen and oxygen atoms in total. The van der Waals surface area contributed by atoms with E-state index < -0.39 is 0 Å². The van der Waals surface area contributed by atoms with Crippen molar-refractivity contribution in [2.24, 2.45) is 0 Å². The predicted molar refractivity (Wildman–Crippen MR) is 159 cm³/mol. The number of nitrogens with one attached hydrogen (secondary N) is 1. The number of rotatable bonds is 7. The number of carbonyl (C=O) groups is 1. The SMILES string of the molecule is O=C(c1ccc(-c2cccc(-c3ccccc3)c2)o1)N1CCN(Cc2ccc(OC3CCNCC3)c(Cl)c2)CC1. The van der Waals surface area contributed by atoms with Crippen molar-refractivity contribution < 1.29 is 13.9 Å². The van der Waals surface area contributed by atoms with E-state index in [0.29, 0.717) is 29.6 Å². The largest absolute Gasteiger partial charge is 0.489 e. The molecule has 6 rings (SSSR count). The van der Waals surface area contributed by atoms with E-state index in [1.807, 2.05) is 53.4 Å². The number of furan rings is 1. The fraction of sp³-hybridized carbons (Fsp3) is 0.303. The average molecular weight is 556 g/mol. The topological polar surface area (TPSA) is 58.0 Å². The first-order valence-electron chi connectivity index (χ1n) is 14.1. The first kappa shape index (κ1) is 26.6. The standard InChI is InChI=1S/C33H34ClN3O3/c34-29-21-24(9-10-31(29)39-28-13-15-35-16-14-28)23-36-17-19-37(20-18-36)33(38)32-12-11-30(40-32)27-8-4-7-26(22-27)25-5-2-1-3-6-25/h1-12,21-22,28,35H,13-20,23H2. The third-order valence-corrected chi connectivity index (χ3v) is 8.01. The van der Waals surface area contributed by atoms with Crippen LogP contribution in [-0.2, 0) is 6.54 Å². The van der Waals surface area contributed by atoms with Crippen LogP contribution < -0.4 is 10.1 Å². The van der Waals surface area contributed by atoms with E-state index in [1.54, 1.807) is 6.07 Å². The van der Waals surface area contributed by atoms with E-state index in [1.165, 1.54) is 0 Å². The monoisotopic (exact) mass is 555 g/mol. The number of benzene rings is 3. The zero-order valence-corrected chi connectivity index (χ0v) is 23.3. The molecule has 4 aromatic rings. The maximum absolute atomic E-state index is 13.2. The van der Waals surface area contributed by atoms with Crippen LogP contribution in [0, 0.1) is 0 Å². The Morgan fingerprint density at radius 2 is 1.60 bits per heavy atom. The van der Waals surface area contributed by atoms with Gasteiger partial charge in [0.15, 0.2) is 5.76 Å². The second-order valence-electron chi connectivity index (χ2n) is 10.5. The van der Waals surface area contributed by atoms with Gasteiger partial charge >= 0.3 is 0 Å². The summed E-state index contributed by atoms with van der Waals surface area (Å²) in [7, 11) is 0. The fourth-order valence-electron chi connectivity index (χ4n) is 5.44. The van der Waals surface area contributed by atoms with Crippen LogP contribution in [-0.4, -0.2) is 61.1 Å². The van der Waals surface area contributed by atoms with Gasteiger partial charge in [-0.3, -0.25) is 9.69 Å². The molecular formula is C33H34ClN3O3. The molecule has 206 valence electrons. The first-order valence-corrected chi connectivity index (χ1v) is 14.4. The molecule has 0 saturated carbocycles. The van der Waals surface area contributed by atoms with Gasteiger partial charge in [0, 0.05) is 38.3 Å². The Bertz CT molecular complexity index is 1440. The summed E-state index contributed by atoms with van der Waals surface area (Å²) >= 11 is 6.56. The van der Waals surface area contributed by atoms with Crippen molar-refractivity contribution in [1.29, 1.82) is 0 Å². The summed E-state index contributed by atoms with van der Waals surface area (Å²) in [6.07, 6.45) is 2.23. The molecule has 0 aliphatic carbocycles. The molecular weight excluding hydrogens is 522 g/mol. The Balaban J connectivity index is 1.03. The lowest BCUT2D eigenvalue weighted by Crippen LogP contribution is -2.48. The molecule has 7 heteroatoms. The highest BCUT2D eigenvalue weighted by atomic mass is 35.5. The molecule has 1 amide bonds. The van der Waals surface area contributed by atoms with Gasteiger partial charge in [-0.15, -0.1) is 0 Å². The number of hydrogen-bond donors (Lipinski definition) is 1. The van der Waals surface area contributed by atoms with E-state index in [-0.39, 0.29) is 12.0 Å². The van der Waals surface area contributed by atoms with Gasteiger partial charge in [0.2, 0.25) is 0 Å². The molecule has 3 heterocycles. The normalized spacial score (nSPS) is 16.7. The summed E-state index contributed by atoms with van der Waals surface area (Å²) in [5.74, 6) is 1.78. The summed E-state index contributed by atoms with van der Waals surface area (Å²) in [6.45, 7) is 5.66. The number of halogens is 1. The minimum atomic E-state index is -0.0624. The molecule has 2 aliphatic heterocycles. The highest BCUT2D eigenvalue weighted by Crippen LogP contribution is 2.30. The van der Waals surface area contributed by atoms with Crippen LogP contribution in [0.25, 0.3) is 22.5 Å². The lowest BCUT2D eigenvalue weighted by atomic mass is 10.0. The third-order valence-electron chi connectivity index (χ3n) is 7.71. The molecule has 2 saturated heterocycles. The van der Waals surface area contributed by atoms with Crippen molar-refractivity contribution in [2.45, 2.75) is 25.5 Å². The van der Waals surface area contributed by atoms with E-state index >= 15 is 0 Å². The lowest BCUT2D eigenvalue weighted by Gasteiger charge is -2.34. The Morgan fingerprint density at radius 3 is 2.38 bits per heavy atom. The van der Waals surface area contributed by atoms with Crippen LogP contribution in [0.5, 0.6) is 5.75 Å². The number of carbonyl (C=O) groups excluding carboxylic acids is 1. The molecule has 0 unspecified atom stereocenters. The molecule has 0 atom stereocenters. The minimum Gasteiger partial charge on any atom is -0.489 e. The number of hydrogen-bond acceptors (Lipinski definition) is 5. The van der Waals surface area contributed by atoms with Gasteiger partial charge in [0.1, 0.15) is 17.6 Å². The van der Waals surface area contributed by atoms with Crippen LogP contribution >= 0.6 is 11.6 Å². The smallest absolute Gasteiger partial charge is 0.289 e. The summed E-state index contributed by atoms with van der Waals surface area (Å²) < 4.78 is 12.2. The van der Waals surface area contributed by atoms with Gasteiger partial charge < -0.3 is 19.4 Å². The van der Waals surface area contributed by atoms with E-state index in [2.05, 4.69) is 40.5 Å². The quantitative estimate of drug-likeness (QED) is 0.288. The second kappa shape index (κ2) is 12.3. The first-order chi connectivity index (χ1) is 19.6.